The standard InChI is InChI=1S/C19H23N3O2/c1-21-19(24)16-10-8-14(9-11-16)13-22(2)18(23)12-17(20)15-6-4-3-5-7-15/h3-11,17H,12-13,20H2,1-2H3,(H,21,24). The van der Waals surface area contributed by atoms with E-state index in [4.69, 9.17) is 5.73 Å². The monoisotopic (exact) mass is 325 g/mol. The van der Waals surface area contributed by atoms with Crippen molar-refractivity contribution < 1.29 is 9.59 Å². The number of nitrogens with two attached hydrogens (primary N) is 1. The molecule has 0 aliphatic rings. The quantitative estimate of drug-likeness (QED) is 0.854. The van der Waals surface area contributed by atoms with Crippen LogP contribution in [-0.4, -0.2) is 30.8 Å². The van der Waals surface area contributed by atoms with Crippen LogP contribution in [-0.2, 0) is 11.3 Å². The molecule has 2 amide bonds. The van der Waals surface area contributed by atoms with Gasteiger partial charge in [-0.05, 0) is 23.3 Å². The van der Waals surface area contributed by atoms with Crippen LogP contribution in [0, 0.1) is 0 Å². The van der Waals surface area contributed by atoms with E-state index in [1.807, 2.05) is 42.5 Å². The summed E-state index contributed by atoms with van der Waals surface area (Å²) in [5, 5.41) is 2.58. The van der Waals surface area contributed by atoms with E-state index in [9.17, 15) is 9.59 Å². The Morgan fingerprint density at radius 2 is 1.71 bits per heavy atom. The van der Waals surface area contributed by atoms with Crippen LogP contribution in [0.5, 0.6) is 0 Å². The molecule has 0 spiro atoms. The number of nitrogens with zero attached hydrogens (tertiary/aromatic N) is 1. The van der Waals surface area contributed by atoms with Crippen molar-refractivity contribution in [2.24, 2.45) is 5.73 Å². The van der Waals surface area contributed by atoms with Gasteiger partial charge in [-0.25, -0.2) is 0 Å². The number of hydrogen-bond acceptors (Lipinski definition) is 3. The Balaban J connectivity index is 1.92. The van der Waals surface area contributed by atoms with Gasteiger partial charge in [0.25, 0.3) is 5.91 Å². The highest BCUT2D eigenvalue weighted by Crippen LogP contribution is 2.15. The maximum atomic E-state index is 12.3. The van der Waals surface area contributed by atoms with Gasteiger partial charge in [-0.3, -0.25) is 9.59 Å². The molecule has 1 unspecified atom stereocenters. The van der Waals surface area contributed by atoms with Crippen molar-refractivity contribution in [3.8, 4) is 0 Å². The predicted octanol–water partition coefficient (Wildman–Crippen LogP) is 2.09. The van der Waals surface area contributed by atoms with Gasteiger partial charge >= 0.3 is 0 Å². The Kier molecular flexibility index (Phi) is 6.09. The lowest BCUT2D eigenvalue weighted by molar-refractivity contribution is -0.130. The van der Waals surface area contributed by atoms with E-state index in [1.54, 1.807) is 31.1 Å². The lowest BCUT2D eigenvalue weighted by Crippen LogP contribution is -2.29. The molecular formula is C19H23N3O2. The molecule has 0 saturated carbocycles. The minimum atomic E-state index is -0.309. The number of rotatable bonds is 6. The first-order valence-corrected chi connectivity index (χ1v) is 7.86. The third-order valence-corrected chi connectivity index (χ3v) is 3.91. The van der Waals surface area contributed by atoms with Crippen LogP contribution >= 0.6 is 0 Å². The molecule has 0 bridgehead atoms. The Labute approximate surface area is 142 Å². The summed E-state index contributed by atoms with van der Waals surface area (Å²) in [5.41, 5.74) is 8.62. The SMILES string of the molecule is CNC(=O)c1ccc(CN(C)C(=O)CC(N)c2ccccc2)cc1. The zero-order valence-electron chi connectivity index (χ0n) is 14.0. The van der Waals surface area contributed by atoms with Crippen molar-refractivity contribution in [2.75, 3.05) is 14.1 Å². The lowest BCUT2D eigenvalue weighted by Gasteiger charge is -2.20. The van der Waals surface area contributed by atoms with Crippen molar-refractivity contribution in [3.05, 3.63) is 71.3 Å². The van der Waals surface area contributed by atoms with Gasteiger partial charge in [0.1, 0.15) is 0 Å². The first-order chi connectivity index (χ1) is 11.5. The minimum Gasteiger partial charge on any atom is -0.355 e. The highest BCUT2D eigenvalue weighted by atomic mass is 16.2. The molecule has 24 heavy (non-hydrogen) atoms. The number of benzene rings is 2. The highest BCUT2D eigenvalue weighted by molar-refractivity contribution is 5.93. The van der Waals surface area contributed by atoms with Crippen LogP contribution in [0.3, 0.4) is 0 Å². The summed E-state index contributed by atoms with van der Waals surface area (Å²) in [4.78, 5) is 25.5. The average Bonchev–Trinajstić information content (AvgIpc) is 2.62. The number of hydrogen-bond donors (Lipinski definition) is 2. The van der Waals surface area contributed by atoms with Crippen molar-refractivity contribution in [1.82, 2.24) is 10.2 Å². The lowest BCUT2D eigenvalue weighted by atomic mass is 10.0. The van der Waals surface area contributed by atoms with E-state index in [0.29, 0.717) is 12.1 Å². The average molecular weight is 325 g/mol. The van der Waals surface area contributed by atoms with Crippen LogP contribution in [0.15, 0.2) is 54.6 Å². The molecule has 0 heterocycles. The summed E-state index contributed by atoms with van der Waals surface area (Å²) in [6.45, 7) is 0.481. The van der Waals surface area contributed by atoms with Gasteiger partial charge in [0.2, 0.25) is 5.91 Å². The molecule has 0 saturated heterocycles. The second-order valence-corrected chi connectivity index (χ2v) is 5.75. The molecule has 0 aliphatic heterocycles. The zero-order chi connectivity index (χ0) is 17.5. The molecule has 2 aromatic carbocycles. The summed E-state index contributed by atoms with van der Waals surface area (Å²) in [6.07, 6.45) is 0.261. The van der Waals surface area contributed by atoms with Crippen molar-refractivity contribution in [2.45, 2.75) is 19.0 Å². The van der Waals surface area contributed by atoms with Crippen molar-refractivity contribution >= 4 is 11.8 Å². The van der Waals surface area contributed by atoms with E-state index in [0.717, 1.165) is 11.1 Å². The second kappa shape index (κ2) is 8.26. The molecule has 5 heteroatoms. The van der Waals surface area contributed by atoms with Crippen molar-refractivity contribution in [1.29, 1.82) is 0 Å². The number of amides is 2. The third-order valence-electron chi connectivity index (χ3n) is 3.91. The Morgan fingerprint density at radius 3 is 2.29 bits per heavy atom. The Hall–Kier alpha value is -2.66. The summed E-state index contributed by atoms with van der Waals surface area (Å²) < 4.78 is 0. The fourth-order valence-electron chi connectivity index (χ4n) is 2.43. The fraction of sp³-hybridized carbons (Fsp3) is 0.263. The summed E-state index contributed by atoms with van der Waals surface area (Å²) >= 11 is 0. The van der Waals surface area contributed by atoms with Crippen LogP contribution in [0.4, 0.5) is 0 Å². The Morgan fingerprint density at radius 1 is 1.08 bits per heavy atom. The maximum absolute atomic E-state index is 12.3. The van der Waals surface area contributed by atoms with E-state index in [-0.39, 0.29) is 24.3 Å². The number of carbonyl (C=O) groups excluding carboxylic acids is 2. The molecule has 5 nitrogen and oxygen atoms in total. The molecule has 0 fully saturated rings. The van der Waals surface area contributed by atoms with Crippen LogP contribution in [0.2, 0.25) is 0 Å². The third kappa shape index (κ3) is 4.67. The zero-order valence-corrected chi connectivity index (χ0v) is 14.0. The predicted molar refractivity (Wildman–Crippen MR) is 94.3 cm³/mol. The molecule has 1 atom stereocenters. The fourth-order valence-corrected chi connectivity index (χ4v) is 2.43. The molecule has 0 aromatic heterocycles. The first kappa shape index (κ1) is 17.7. The van der Waals surface area contributed by atoms with Crippen LogP contribution < -0.4 is 11.1 Å². The molecule has 0 radical (unpaired) electrons. The topological polar surface area (TPSA) is 75.4 Å². The smallest absolute Gasteiger partial charge is 0.251 e. The van der Waals surface area contributed by atoms with Gasteiger partial charge in [0.15, 0.2) is 0 Å². The molecule has 126 valence electrons. The van der Waals surface area contributed by atoms with E-state index in [1.165, 1.54) is 0 Å². The minimum absolute atomic E-state index is 0.0123. The molecule has 3 N–H and O–H groups in total. The van der Waals surface area contributed by atoms with E-state index >= 15 is 0 Å². The molecule has 2 rings (SSSR count). The van der Waals surface area contributed by atoms with Gasteiger partial charge in [-0.15, -0.1) is 0 Å². The van der Waals surface area contributed by atoms with Crippen LogP contribution in [0.1, 0.15) is 33.9 Å². The number of carbonyl (C=O) groups is 2. The van der Waals surface area contributed by atoms with E-state index in [2.05, 4.69) is 5.32 Å². The van der Waals surface area contributed by atoms with Gasteiger partial charge in [-0.2, -0.15) is 0 Å². The number of nitrogens with one attached hydrogen (secondary N) is 1. The van der Waals surface area contributed by atoms with Gasteiger partial charge in [0, 0.05) is 38.7 Å². The van der Waals surface area contributed by atoms with E-state index < -0.39 is 0 Å². The Bertz CT molecular complexity index is 684. The second-order valence-electron chi connectivity index (χ2n) is 5.75. The van der Waals surface area contributed by atoms with Gasteiger partial charge in [-0.1, -0.05) is 42.5 Å². The highest BCUT2D eigenvalue weighted by Gasteiger charge is 2.15. The summed E-state index contributed by atoms with van der Waals surface area (Å²) in [7, 11) is 3.35. The van der Waals surface area contributed by atoms with Gasteiger partial charge < -0.3 is 16.0 Å². The summed E-state index contributed by atoms with van der Waals surface area (Å²) in [5.74, 6) is -0.137. The van der Waals surface area contributed by atoms with Gasteiger partial charge in [0.05, 0.1) is 0 Å². The maximum Gasteiger partial charge on any atom is 0.251 e. The normalized spacial score (nSPS) is 11.6. The van der Waals surface area contributed by atoms with Crippen molar-refractivity contribution in [3.63, 3.8) is 0 Å². The van der Waals surface area contributed by atoms with Crippen LogP contribution in [0.25, 0.3) is 0 Å². The largest absolute Gasteiger partial charge is 0.355 e. The summed E-state index contributed by atoms with van der Waals surface area (Å²) in [6, 6.07) is 16.5. The molecular weight excluding hydrogens is 302 g/mol. The molecule has 0 aliphatic carbocycles. The molecule has 2 aromatic rings. The first-order valence-electron chi connectivity index (χ1n) is 7.86.